The van der Waals surface area contributed by atoms with Gasteiger partial charge in [-0.15, -0.1) is 0 Å². The Kier molecular flexibility index (Phi) is 6.94. The van der Waals surface area contributed by atoms with E-state index >= 15 is 0 Å². The van der Waals surface area contributed by atoms with Gasteiger partial charge in [-0.25, -0.2) is 0 Å². The maximum Gasteiger partial charge on any atom is 0.326 e. The van der Waals surface area contributed by atoms with Crippen LogP contribution >= 0.6 is 0 Å². The number of benzene rings is 2. The summed E-state index contributed by atoms with van der Waals surface area (Å²) in [6, 6.07) is 12.1. The SMILES string of the molecule is COc1ccc(C(=O)c2c(C)n(CC(=O)OCC(O)CO)c3cc(OC)ccc23)cc1. The van der Waals surface area contributed by atoms with Crippen molar-refractivity contribution in [3.05, 3.63) is 59.3 Å². The molecule has 0 saturated carbocycles. The van der Waals surface area contributed by atoms with E-state index in [0.717, 1.165) is 0 Å². The lowest BCUT2D eigenvalue weighted by molar-refractivity contribution is -0.148. The number of aliphatic hydroxyl groups is 2. The van der Waals surface area contributed by atoms with Crippen LogP contribution in [0.5, 0.6) is 11.5 Å². The maximum atomic E-state index is 13.3. The summed E-state index contributed by atoms with van der Waals surface area (Å²) in [5, 5.41) is 19.0. The van der Waals surface area contributed by atoms with Crippen molar-refractivity contribution < 1.29 is 34.0 Å². The number of aliphatic hydroxyl groups excluding tert-OH is 2. The molecule has 0 aliphatic heterocycles. The number of methoxy groups -OCH3 is 2. The number of esters is 1. The molecule has 0 radical (unpaired) electrons. The number of nitrogens with zero attached hydrogens (tertiary/aromatic N) is 1. The normalized spacial score (nSPS) is 11.9. The highest BCUT2D eigenvalue weighted by Crippen LogP contribution is 2.31. The fourth-order valence-corrected chi connectivity index (χ4v) is 3.38. The summed E-state index contributed by atoms with van der Waals surface area (Å²) in [6.07, 6.45) is -1.14. The van der Waals surface area contributed by atoms with Crippen molar-refractivity contribution in [3.8, 4) is 11.5 Å². The summed E-state index contributed by atoms with van der Waals surface area (Å²) in [7, 11) is 3.09. The lowest BCUT2D eigenvalue weighted by Gasteiger charge is -2.11. The van der Waals surface area contributed by atoms with E-state index in [9.17, 15) is 14.7 Å². The molecule has 0 bridgehead atoms. The first-order valence-electron chi connectivity index (χ1n) is 9.69. The molecule has 1 unspecified atom stereocenters. The zero-order valence-electron chi connectivity index (χ0n) is 17.6. The summed E-state index contributed by atoms with van der Waals surface area (Å²) in [5.74, 6) is 0.448. The minimum Gasteiger partial charge on any atom is -0.497 e. The van der Waals surface area contributed by atoms with Gasteiger partial charge in [0, 0.05) is 22.7 Å². The van der Waals surface area contributed by atoms with Gasteiger partial charge in [0.15, 0.2) is 5.78 Å². The van der Waals surface area contributed by atoms with Gasteiger partial charge in [-0.05, 0) is 43.3 Å². The van der Waals surface area contributed by atoms with Crippen LogP contribution in [0.25, 0.3) is 10.9 Å². The molecular weight excluding hydrogens is 402 g/mol. The highest BCUT2D eigenvalue weighted by molar-refractivity contribution is 6.17. The molecule has 1 heterocycles. The van der Waals surface area contributed by atoms with Crippen molar-refractivity contribution in [2.75, 3.05) is 27.4 Å². The molecule has 8 nitrogen and oxygen atoms in total. The summed E-state index contributed by atoms with van der Waals surface area (Å²) in [6.45, 7) is 0.785. The van der Waals surface area contributed by atoms with Gasteiger partial charge in [0.25, 0.3) is 0 Å². The molecule has 3 aromatic rings. The number of hydrogen-bond donors (Lipinski definition) is 2. The number of fused-ring (bicyclic) bond motifs is 1. The van der Waals surface area contributed by atoms with Crippen molar-refractivity contribution >= 4 is 22.7 Å². The van der Waals surface area contributed by atoms with Crippen LogP contribution in [0.2, 0.25) is 0 Å². The number of carbonyl (C=O) groups excluding carboxylic acids is 2. The van der Waals surface area contributed by atoms with E-state index in [-0.39, 0.29) is 18.9 Å². The van der Waals surface area contributed by atoms with Crippen molar-refractivity contribution in [1.82, 2.24) is 4.57 Å². The van der Waals surface area contributed by atoms with Crippen molar-refractivity contribution in [1.29, 1.82) is 0 Å². The number of ether oxygens (including phenoxy) is 3. The van der Waals surface area contributed by atoms with Gasteiger partial charge in [-0.1, -0.05) is 0 Å². The highest BCUT2D eigenvalue weighted by atomic mass is 16.5. The number of rotatable bonds is 9. The first-order chi connectivity index (χ1) is 14.9. The minimum atomic E-state index is -1.14. The van der Waals surface area contributed by atoms with Crippen molar-refractivity contribution in [2.24, 2.45) is 0 Å². The molecule has 164 valence electrons. The van der Waals surface area contributed by atoms with E-state index in [1.807, 2.05) is 0 Å². The van der Waals surface area contributed by atoms with Crippen LogP contribution in [0.4, 0.5) is 0 Å². The summed E-state index contributed by atoms with van der Waals surface area (Å²) >= 11 is 0. The van der Waals surface area contributed by atoms with Crippen LogP contribution in [-0.2, 0) is 16.1 Å². The van der Waals surface area contributed by atoms with E-state index in [4.69, 9.17) is 19.3 Å². The molecule has 0 aliphatic rings. The molecule has 2 N–H and O–H groups in total. The van der Waals surface area contributed by atoms with Gasteiger partial charge in [-0.3, -0.25) is 9.59 Å². The monoisotopic (exact) mass is 427 g/mol. The van der Waals surface area contributed by atoms with Gasteiger partial charge in [0.2, 0.25) is 0 Å². The second-order valence-corrected chi connectivity index (χ2v) is 7.01. The van der Waals surface area contributed by atoms with E-state index in [1.54, 1.807) is 61.1 Å². The van der Waals surface area contributed by atoms with Gasteiger partial charge < -0.3 is 29.0 Å². The third kappa shape index (κ3) is 4.70. The average Bonchev–Trinajstić information content (AvgIpc) is 3.07. The largest absolute Gasteiger partial charge is 0.497 e. The highest BCUT2D eigenvalue weighted by Gasteiger charge is 2.23. The lowest BCUT2D eigenvalue weighted by atomic mass is 10.0. The second-order valence-electron chi connectivity index (χ2n) is 7.01. The molecule has 1 atom stereocenters. The Bertz CT molecular complexity index is 1090. The zero-order chi connectivity index (χ0) is 22.5. The van der Waals surface area contributed by atoms with E-state index < -0.39 is 18.7 Å². The quantitative estimate of drug-likeness (QED) is 0.398. The van der Waals surface area contributed by atoms with Gasteiger partial charge in [0.1, 0.15) is 30.8 Å². The van der Waals surface area contributed by atoms with Gasteiger partial charge in [-0.2, -0.15) is 0 Å². The number of aromatic nitrogens is 1. The Morgan fingerprint density at radius 2 is 1.68 bits per heavy atom. The summed E-state index contributed by atoms with van der Waals surface area (Å²) < 4.78 is 17.2. The van der Waals surface area contributed by atoms with Crippen molar-refractivity contribution in [2.45, 2.75) is 19.6 Å². The molecule has 0 saturated heterocycles. The summed E-state index contributed by atoms with van der Waals surface area (Å²) in [4.78, 5) is 25.7. The van der Waals surface area contributed by atoms with Crippen LogP contribution < -0.4 is 9.47 Å². The van der Waals surface area contributed by atoms with E-state index in [1.165, 1.54) is 7.11 Å². The molecule has 8 heteroatoms. The third-order valence-electron chi connectivity index (χ3n) is 5.05. The molecule has 31 heavy (non-hydrogen) atoms. The fraction of sp³-hybridized carbons (Fsp3) is 0.304. The Morgan fingerprint density at radius 3 is 2.29 bits per heavy atom. The standard InChI is InChI=1S/C23H25NO7/c1-14-22(23(28)15-4-6-17(29-2)7-5-15)19-9-8-18(30-3)10-20(19)24(14)11-21(27)31-13-16(26)12-25/h4-10,16,25-26H,11-13H2,1-3H3. The van der Waals surface area contributed by atoms with E-state index in [2.05, 4.69) is 0 Å². The van der Waals surface area contributed by atoms with Gasteiger partial charge >= 0.3 is 5.97 Å². The third-order valence-corrected chi connectivity index (χ3v) is 5.05. The van der Waals surface area contributed by atoms with Crippen LogP contribution in [0.1, 0.15) is 21.6 Å². The first kappa shape index (κ1) is 22.3. The average molecular weight is 427 g/mol. The molecule has 0 fully saturated rings. The second kappa shape index (κ2) is 9.63. The van der Waals surface area contributed by atoms with Crippen LogP contribution in [0, 0.1) is 6.92 Å². The van der Waals surface area contributed by atoms with Crippen LogP contribution in [0.3, 0.4) is 0 Å². The van der Waals surface area contributed by atoms with Gasteiger partial charge in [0.05, 0.1) is 31.9 Å². The lowest BCUT2D eigenvalue weighted by Crippen LogP contribution is -2.24. The number of hydrogen-bond acceptors (Lipinski definition) is 7. The Hall–Kier alpha value is -3.36. The predicted molar refractivity (Wildman–Crippen MR) is 114 cm³/mol. The van der Waals surface area contributed by atoms with E-state index in [0.29, 0.717) is 39.2 Å². The predicted octanol–water partition coefficient (Wildman–Crippen LogP) is 2.09. The summed E-state index contributed by atoms with van der Waals surface area (Å²) in [5.41, 5.74) is 2.22. The van der Waals surface area contributed by atoms with Crippen LogP contribution in [-0.4, -0.2) is 60.1 Å². The Morgan fingerprint density at radius 1 is 1.03 bits per heavy atom. The molecule has 1 aromatic heterocycles. The topological polar surface area (TPSA) is 107 Å². The molecule has 3 rings (SSSR count). The molecule has 0 aliphatic carbocycles. The molecule has 0 amide bonds. The first-order valence-corrected chi connectivity index (χ1v) is 9.69. The smallest absolute Gasteiger partial charge is 0.326 e. The Labute approximate surface area is 179 Å². The van der Waals surface area contributed by atoms with Crippen molar-refractivity contribution in [3.63, 3.8) is 0 Å². The minimum absolute atomic E-state index is 0.163. The molecule has 2 aromatic carbocycles. The van der Waals surface area contributed by atoms with Crippen LogP contribution in [0.15, 0.2) is 42.5 Å². The molecule has 0 spiro atoms. The number of ketones is 1. The zero-order valence-corrected chi connectivity index (χ0v) is 17.6. The fourth-order valence-electron chi connectivity index (χ4n) is 3.38. The molecular formula is C23H25NO7. The maximum absolute atomic E-state index is 13.3. The Balaban J connectivity index is 2.02. The number of carbonyl (C=O) groups is 2.